The Kier molecular flexibility index (Phi) is 6.70. The van der Waals surface area contributed by atoms with Crippen LogP contribution in [-0.4, -0.2) is 83.1 Å². The highest BCUT2D eigenvalue weighted by atomic mass is 35.5. The van der Waals surface area contributed by atoms with Crippen LogP contribution in [0.3, 0.4) is 0 Å². The second-order valence-electron chi connectivity index (χ2n) is 7.03. The molecule has 7 nitrogen and oxygen atoms in total. The van der Waals surface area contributed by atoms with Crippen molar-refractivity contribution in [2.24, 2.45) is 11.8 Å². The topological polar surface area (TPSA) is 70.8 Å². The van der Waals surface area contributed by atoms with Gasteiger partial charge in [0.15, 0.2) is 0 Å². The van der Waals surface area contributed by atoms with E-state index in [1.54, 1.807) is 17.1 Å². The van der Waals surface area contributed by atoms with Crippen LogP contribution in [0.1, 0.15) is 12.8 Å². The van der Waals surface area contributed by atoms with Gasteiger partial charge in [0.05, 0.1) is 24.4 Å². The summed E-state index contributed by atoms with van der Waals surface area (Å²) in [6, 6.07) is 0. The lowest BCUT2D eigenvalue weighted by molar-refractivity contribution is -0.135. The van der Waals surface area contributed by atoms with Gasteiger partial charge in [0.2, 0.25) is 5.91 Å². The SMILES string of the molecule is O=C(CCn1cc(Cl)cn1)N1C[C@H](CO)C[C@@H](CN2CCOCC2)C1. The number of aliphatic hydroxyl groups is 1. The fourth-order valence-corrected chi connectivity index (χ4v) is 3.92. The number of halogens is 1. The average molecular weight is 371 g/mol. The Labute approximate surface area is 153 Å². The molecule has 0 spiro atoms. The molecular weight excluding hydrogens is 344 g/mol. The maximum Gasteiger partial charge on any atom is 0.224 e. The third-order valence-corrected chi connectivity index (χ3v) is 5.21. The number of likely N-dealkylation sites (tertiary alicyclic amines) is 1. The third kappa shape index (κ3) is 5.41. The molecule has 0 saturated carbocycles. The molecule has 1 aromatic heterocycles. The van der Waals surface area contributed by atoms with Crippen molar-refractivity contribution in [3.05, 3.63) is 17.4 Å². The molecule has 2 saturated heterocycles. The fourth-order valence-electron chi connectivity index (χ4n) is 3.76. The van der Waals surface area contributed by atoms with Crippen molar-refractivity contribution >= 4 is 17.5 Å². The smallest absolute Gasteiger partial charge is 0.224 e. The monoisotopic (exact) mass is 370 g/mol. The second-order valence-corrected chi connectivity index (χ2v) is 7.47. The molecule has 140 valence electrons. The van der Waals surface area contributed by atoms with Crippen molar-refractivity contribution in [2.45, 2.75) is 19.4 Å². The number of carbonyl (C=O) groups is 1. The second kappa shape index (κ2) is 8.98. The van der Waals surface area contributed by atoms with E-state index in [4.69, 9.17) is 16.3 Å². The third-order valence-electron chi connectivity index (χ3n) is 5.01. The maximum absolute atomic E-state index is 12.6. The van der Waals surface area contributed by atoms with Crippen LogP contribution in [-0.2, 0) is 16.1 Å². The van der Waals surface area contributed by atoms with Gasteiger partial charge in [0, 0.05) is 58.5 Å². The van der Waals surface area contributed by atoms with Crippen LogP contribution < -0.4 is 0 Å². The molecule has 3 rings (SSSR count). The lowest BCUT2D eigenvalue weighted by Gasteiger charge is -2.40. The zero-order valence-electron chi connectivity index (χ0n) is 14.5. The summed E-state index contributed by atoms with van der Waals surface area (Å²) in [4.78, 5) is 16.9. The molecule has 1 N–H and O–H groups in total. The van der Waals surface area contributed by atoms with Gasteiger partial charge < -0.3 is 14.7 Å². The van der Waals surface area contributed by atoms with Crippen LogP contribution in [0.5, 0.6) is 0 Å². The average Bonchev–Trinajstić information content (AvgIpc) is 3.05. The Morgan fingerprint density at radius 1 is 1.32 bits per heavy atom. The molecular formula is C17H27ClN4O3. The van der Waals surface area contributed by atoms with E-state index in [0.717, 1.165) is 45.8 Å². The van der Waals surface area contributed by atoms with E-state index in [2.05, 4.69) is 10.00 Å². The van der Waals surface area contributed by atoms with Crippen LogP contribution in [0.2, 0.25) is 5.02 Å². The van der Waals surface area contributed by atoms with Crippen LogP contribution in [0.15, 0.2) is 12.4 Å². The Morgan fingerprint density at radius 2 is 2.08 bits per heavy atom. The predicted molar refractivity (Wildman–Crippen MR) is 94.4 cm³/mol. The summed E-state index contributed by atoms with van der Waals surface area (Å²) in [5.74, 6) is 0.701. The molecule has 3 heterocycles. The van der Waals surface area contributed by atoms with Crippen molar-refractivity contribution in [1.29, 1.82) is 0 Å². The van der Waals surface area contributed by atoms with Gasteiger partial charge in [-0.3, -0.25) is 14.4 Å². The summed E-state index contributed by atoms with van der Waals surface area (Å²) in [6.07, 6.45) is 4.68. The number of amides is 1. The fraction of sp³-hybridized carbons (Fsp3) is 0.765. The molecule has 0 aliphatic carbocycles. The first-order valence-electron chi connectivity index (χ1n) is 9.00. The first-order chi connectivity index (χ1) is 12.1. The molecule has 2 fully saturated rings. The molecule has 1 aromatic rings. The van der Waals surface area contributed by atoms with E-state index in [9.17, 15) is 9.90 Å². The molecule has 0 aromatic carbocycles. The van der Waals surface area contributed by atoms with Crippen LogP contribution in [0.4, 0.5) is 0 Å². The summed E-state index contributed by atoms with van der Waals surface area (Å²) in [6.45, 7) is 6.52. The maximum atomic E-state index is 12.6. The van der Waals surface area contributed by atoms with Crippen molar-refractivity contribution in [1.82, 2.24) is 19.6 Å². The quantitative estimate of drug-likeness (QED) is 0.798. The van der Waals surface area contributed by atoms with Gasteiger partial charge in [-0.2, -0.15) is 5.10 Å². The Balaban J connectivity index is 1.52. The normalized spacial score (nSPS) is 25.3. The number of carbonyl (C=O) groups excluding carboxylic acids is 1. The number of aliphatic hydroxyl groups excluding tert-OH is 1. The number of aromatic nitrogens is 2. The van der Waals surface area contributed by atoms with Gasteiger partial charge in [0.25, 0.3) is 0 Å². The van der Waals surface area contributed by atoms with Crippen LogP contribution >= 0.6 is 11.6 Å². The summed E-state index contributed by atoms with van der Waals surface area (Å²) in [5, 5.41) is 14.3. The summed E-state index contributed by atoms with van der Waals surface area (Å²) in [7, 11) is 0. The highest BCUT2D eigenvalue weighted by Crippen LogP contribution is 2.23. The lowest BCUT2D eigenvalue weighted by Crippen LogP contribution is -2.49. The van der Waals surface area contributed by atoms with E-state index in [-0.39, 0.29) is 18.4 Å². The molecule has 0 radical (unpaired) electrons. The first-order valence-corrected chi connectivity index (χ1v) is 9.38. The van der Waals surface area contributed by atoms with Crippen molar-refractivity contribution < 1.29 is 14.6 Å². The minimum atomic E-state index is 0.122. The number of hydrogen-bond donors (Lipinski definition) is 1. The van der Waals surface area contributed by atoms with Gasteiger partial charge in [-0.25, -0.2) is 0 Å². The number of aryl methyl sites for hydroxylation is 1. The zero-order valence-corrected chi connectivity index (χ0v) is 15.3. The van der Waals surface area contributed by atoms with E-state index >= 15 is 0 Å². The van der Waals surface area contributed by atoms with E-state index in [1.807, 2.05) is 4.90 Å². The van der Waals surface area contributed by atoms with Crippen LogP contribution in [0.25, 0.3) is 0 Å². The van der Waals surface area contributed by atoms with Crippen molar-refractivity contribution in [3.8, 4) is 0 Å². The molecule has 8 heteroatoms. The Morgan fingerprint density at radius 3 is 2.76 bits per heavy atom. The highest BCUT2D eigenvalue weighted by Gasteiger charge is 2.30. The summed E-state index contributed by atoms with van der Waals surface area (Å²) in [5.41, 5.74) is 0. The van der Waals surface area contributed by atoms with Gasteiger partial charge >= 0.3 is 0 Å². The number of nitrogens with zero attached hydrogens (tertiary/aromatic N) is 4. The molecule has 2 atom stereocenters. The molecule has 1 amide bonds. The van der Waals surface area contributed by atoms with Crippen molar-refractivity contribution in [2.75, 3.05) is 52.5 Å². The van der Waals surface area contributed by atoms with E-state index in [0.29, 0.717) is 30.5 Å². The van der Waals surface area contributed by atoms with E-state index < -0.39 is 0 Å². The summed E-state index contributed by atoms with van der Waals surface area (Å²) >= 11 is 5.85. The molecule has 0 bridgehead atoms. The predicted octanol–water partition coefficient (Wildman–Crippen LogP) is 0.716. The van der Waals surface area contributed by atoms with Gasteiger partial charge in [0.1, 0.15) is 0 Å². The number of morpholine rings is 1. The Bertz CT molecular complexity index is 562. The molecule has 0 unspecified atom stereocenters. The minimum absolute atomic E-state index is 0.122. The van der Waals surface area contributed by atoms with E-state index in [1.165, 1.54) is 0 Å². The number of ether oxygens (including phenoxy) is 1. The Hall–Kier alpha value is -1.15. The van der Waals surface area contributed by atoms with Gasteiger partial charge in [-0.15, -0.1) is 0 Å². The van der Waals surface area contributed by atoms with Crippen molar-refractivity contribution in [3.63, 3.8) is 0 Å². The number of rotatable bonds is 6. The minimum Gasteiger partial charge on any atom is -0.396 e. The molecule has 2 aliphatic rings. The molecule has 2 aliphatic heterocycles. The zero-order chi connectivity index (χ0) is 17.6. The number of piperidine rings is 1. The molecule has 25 heavy (non-hydrogen) atoms. The largest absolute Gasteiger partial charge is 0.396 e. The lowest BCUT2D eigenvalue weighted by atomic mass is 9.89. The number of hydrogen-bond acceptors (Lipinski definition) is 5. The van der Waals surface area contributed by atoms with Gasteiger partial charge in [-0.1, -0.05) is 11.6 Å². The van der Waals surface area contributed by atoms with Crippen LogP contribution in [0, 0.1) is 11.8 Å². The first kappa shape index (κ1) is 18.6. The standard InChI is InChI=1S/C17H27ClN4O3/c18-16-8-19-22(12-16)2-1-17(24)21-10-14(7-15(11-21)13-23)9-20-3-5-25-6-4-20/h8,12,14-15,23H,1-7,9-11,13H2/t14-,15+/m0/s1. The van der Waals surface area contributed by atoms with Gasteiger partial charge in [-0.05, 0) is 18.3 Å². The summed E-state index contributed by atoms with van der Waals surface area (Å²) < 4.78 is 7.10. The highest BCUT2D eigenvalue weighted by molar-refractivity contribution is 6.30.